The number of aliphatic carboxylic acids is 1. The van der Waals surface area contributed by atoms with Crippen molar-refractivity contribution in [3.8, 4) is 0 Å². The summed E-state index contributed by atoms with van der Waals surface area (Å²) in [5.41, 5.74) is 5.38. The van der Waals surface area contributed by atoms with E-state index in [1.54, 1.807) is 0 Å². The molecule has 2 aliphatic rings. The third-order valence-corrected chi connectivity index (χ3v) is 9.26. The number of carbonyl (C=O) groups is 6. The van der Waals surface area contributed by atoms with E-state index in [0.29, 0.717) is 80.1 Å². The molecule has 300 valence electrons. The van der Waals surface area contributed by atoms with Crippen molar-refractivity contribution in [1.29, 1.82) is 0 Å². The third kappa shape index (κ3) is 25.5. The number of rotatable bonds is 22. The Morgan fingerprint density at radius 2 is 0.962 bits per heavy atom. The van der Waals surface area contributed by atoms with E-state index < -0.39 is 26.2 Å². The summed E-state index contributed by atoms with van der Waals surface area (Å²) in [5, 5.41) is 8.32. The quantitative estimate of drug-likeness (QED) is 0.0791. The summed E-state index contributed by atoms with van der Waals surface area (Å²) in [6.45, 7) is 3.72. The fourth-order valence-electron chi connectivity index (χ4n) is 4.87. The van der Waals surface area contributed by atoms with E-state index in [1.807, 2.05) is 28.2 Å². The normalized spacial score (nSPS) is 14.5. The first kappa shape index (κ1) is 50.7. The molecule has 0 unspecified atom stereocenters. The van der Waals surface area contributed by atoms with Crippen LogP contribution < -0.4 is 5.73 Å². The minimum Gasteiger partial charge on any atom is -0.748 e. The SMILES string of the molecule is C.C[N+](C)(CCCC(=O)CCCN1C(=O)C=CC1=O)CCCS(=O)(=O)[O-].C[N+](C)(CCN)CCCS(=O)(=O)[O-].O=C(O)CCCN1C(=O)C=CC1=O. The maximum atomic E-state index is 11.9. The Bertz CT molecular complexity index is 1460. The standard InChI is InChI=1S/C16H26N2O6S.C8H9NO4.C7H18N2O3S.CH4/c1-18(2,12-5-13-25(22,23)24)11-4-7-14(19)6-3-10-17-15(20)8-9-16(17)21;10-6-3-4-7(11)9(6)5-1-2-8(12)13;1-9(2,6-4-8)5-3-7-13(10,11)12;/h8-9H,3-7,10-13H2,1-2H3;3-4H,1-2,5H2,(H,12,13);3-8H2,1-2H3;1H4. The van der Waals surface area contributed by atoms with Crippen LogP contribution in [0.5, 0.6) is 0 Å². The van der Waals surface area contributed by atoms with Crippen LogP contribution >= 0.6 is 0 Å². The van der Waals surface area contributed by atoms with Gasteiger partial charge in [0.1, 0.15) is 5.78 Å². The molecule has 0 aromatic rings. The van der Waals surface area contributed by atoms with Crippen LogP contribution in [-0.4, -0.2) is 171 Å². The van der Waals surface area contributed by atoms with E-state index in [0.717, 1.165) is 16.3 Å². The van der Waals surface area contributed by atoms with Gasteiger partial charge in [0.05, 0.1) is 74.6 Å². The zero-order valence-corrected chi connectivity index (χ0v) is 31.5. The Balaban J connectivity index is 0. The summed E-state index contributed by atoms with van der Waals surface area (Å²) in [4.78, 5) is 68.8. The number of nitrogens with two attached hydrogens (primary N) is 1. The molecule has 0 aromatic carbocycles. The number of hydrogen-bond donors (Lipinski definition) is 2. The smallest absolute Gasteiger partial charge is 0.303 e. The van der Waals surface area contributed by atoms with E-state index in [9.17, 15) is 54.7 Å². The van der Waals surface area contributed by atoms with Gasteiger partial charge in [-0.3, -0.25) is 38.6 Å². The van der Waals surface area contributed by atoms with Gasteiger partial charge in [-0.05, 0) is 12.8 Å². The van der Waals surface area contributed by atoms with Crippen molar-refractivity contribution >= 4 is 55.6 Å². The number of amides is 4. The van der Waals surface area contributed by atoms with E-state index >= 15 is 0 Å². The van der Waals surface area contributed by atoms with Gasteiger partial charge in [-0.1, -0.05) is 7.43 Å². The molecular formula is C32H57N5O13S2. The molecule has 4 amide bonds. The summed E-state index contributed by atoms with van der Waals surface area (Å²) in [5.74, 6) is -2.89. The fraction of sp³-hybridized carbons (Fsp3) is 0.688. The highest BCUT2D eigenvalue weighted by Crippen LogP contribution is 2.09. The molecule has 2 aliphatic heterocycles. The van der Waals surface area contributed by atoms with Crippen LogP contribution in [0.3, 0.4) is 0 Å². The lowest BCUT2D eigenvalue weighted by Crippen LogP contribution is -2.44. The highest BCUT2D eigenvalue weighted by Gasteiger charge is 2.24. The predicted molar refractivity (Wildman–Crippen MR) is 190 cm³/mol. The molecule has 52 heavy (non-hydrogen) atoms. The fourth-order valence-corrected chi connectivity index (χ4v) is 5.83. The number of Topliss-reactive ketones (excluding diaryl/α,β-unsaturated/α-hetero) is 1. The Hall–Kier alpha value is -3.40. The Morgan fingerprint density at radius 3 is 1.31 bits per heavy atom. The lowest BCUT2D eigenvalue weighted by Gasteiger charge is -2.30. The number of carboxylic acids is 1. The second-order valence-electron chi connectivity index (χ2n) is 13.4. The topological polar surface area (TPSA) is 270 Å². The molecule has 0 bridgehead atoms. The van der Waals surface area contributed by atoms with Crippen molar-refractivity contribution in [2.75, 3.05) is 85.5 Å². The largest absolute Gasteiger partial charge is 0.748 e. The molecule has 0 aromatic heterocycles. The summed E-state index contributed by atoms with van der Waals surface area (Å²) >= 11 is 0. The van der Waals surface area contributed by atoms with E-state index in [1.165, 1.54) is 24.3 Å². The minimum atomic E-state index is -4.18. The number of likely N-dealkylation sites (N-methyl/N-ethyl adjacent to an activating group) is 1. The van der Waals surface area contributed by atoms with E-state index in [4.69, 9.17) is 10.8 Å². The molecule has 0 aliphatic carbocycles. The van der Waals surface area contributed by atoms with Crippen LogP contribution in [0.15, 0.2) is 24.3 Å². The van der Waals surface area contributed by atoms with Gasteiger partial charge in [0.25, 0.3) is 23.6 Å². The molecule has 0 saturated carbocycles. The maximum absolute atomic E-state index is 11.9. The predicted octanol–water partition coefficient (Wildman–Crippen LogP) is -0.578. The summed E-state index contributed by atoms with van der Waals surface area (Å²) in [7, 11) is -0.444. The van der Waals surface area contributed by atoms with Gasteiger partial charge in [-0.2, -0.15) is 0 Å². The van der Waals surface area contributed by atoms with Crippen LogP contribution in [-0.2, 0) is 49.0 Å². The molecule has 0 fully saturated rings. The Kier molecular flexibility index (Phi) is 23.4. The van der Waals surface area contributed by atoms with Crippen molar-refractivity contribution in [2.45, 2.75) is 58.8 Å². The second-order valence-corrected chi connectivity index (χ2v) is 16.4. The molecule has 20 heteroatoms. The molecule has 0 saturated heterocycles. The zero-order valence-electron chi connectivity index (χ0n) is 29.9. The van der Waals surface area contributed by atoms with Crippen molar-refractivity contribution < 1.29 is 68.8 Å². The first-order valence-electron chi connectivity index (χ1n) is 16.4. The summed E-state index contributed by atoms with van der Waals surface area (Å²) < 4.78 is 63.9. The number of nitrogens with zero attached hydrogens (tertiary/aromatic N) is 4. The maximum Gasteiger partial charge on any atom is 0.303 e. The summed E-state index contributed by atoms with van der Waals surface area (Å²) in [6.07, 6.45) is 7.64. The third-order valence-electron chi connectivity index (χ3n) is 7.68. The molecule has 2 heterocycles. The van der Waals surface area contributed by atoms with Gasteiger partial charge in [-0.15, -0.1) is 0 Å². The Labute approximate surface area is 307 Å². The highest BCUT2D eigenvalue weighted by molar-refractivity contribution is 7.85. The minimum absolute atomic E-state index is 0. The average Bonchev–Trinajstić information content (AvgIpc) is 3.46. The molecule has 0 spiro atoms. The van der Waals surface area contributed by atoms with Crippen molar-refractivity contribution in [3.63, 3.8) is 0 Å². The number of carboxylic acid groups (broad SMARTS) is 1. The molecular weight excluding hydrogens is 727 g/mol. The molecule has 0 atom stereocenters. The number of ketones is 1. The lowest BCUT2D eigenvalue weighted by atomic mass is 10.1. The van der Waals surface area contributed by atoms with Crippen LogP contribution in [0.25, 0.3) is 0 Å². The number of quaternary nitrogens is 2. The van der Waals surface area contributed by atoms with Crippen molar-refractivity contribution in [3.05, 3.63) is 24.3 Å². The van der Waals surface area contributed by atoms with E-state index in [2.05, 4.69) is 0 Å². The van der Waals surface area contributed by atoms with Gasteiger partial charge in [-0.25, -0.2) is 16.8 Å². The van der Waals surface area contributed by atoms with Crippen LogP contribution in [0.1, 0.15) is 58.8 Å². The first-order chi connectivity index (χ1) is 23.4. The van der Waals surface area contributed by atoms with Crippen molar-refractivity contribution in [1.82, 2.24) is 9.80 Å². The van der Waals surface area contributed by atoms with Gasteiger partial charge in [0.15, 0.2) is 0 Å². The zero-order chi connectivity index (χ0) is 39.5. The number of imide groups is 2. The van der Waals surface area contributed by atoms with Gasteiger partial charge in [0.2, 0.25) is 0 Å². The van der Waals surface area contributed by atoms with Gasteiger partial charge >= 0.3 is 5.97 Å². The molecule has 18 nitrogen and oxygen atoms in total. The Morgan fingerprint density at radius 1 is 0.635 bits per heavy atom. The van der Waals surface area contributed by atoms with Crippen LogP contribution in [0.2, 0.25) is 0 Å². The second kappa shape index (κ2) is 24.0. The van der Waals surface area contributed by atoms with E-state index in [-0.39, 0.29) is 67.9 Å². The highest BCUT2D eigenvalue weighted by atomic mass is 32.2. The summed E-state index contributed by atoms with van der Waals surface area (Å²) in [6, 6.07) is 0. The molecule has 2 rings (SSSR count). The number of hydrogen-bond acceptors (Lipinski definition) is 13. The first-order valence-corrected chi connectivity index (χ1v) is 19.6. The van der Waals surface area contributed by atoms with Crippen LogP contribution in [0, 0.1) is 0 Å². The lowest BCUT2D eigenvalue weighted by molar-refractivity contribution is -0.890. The monoisotopic (exact) mass is 783 g/mol. The average molecular weight is 784 g/mol. The van der Waals surface area contributed by atoms with Gasteiger partial charge < -0.3 is 28.9 Å². The number of carbonyl (C=O) groups excluding carboxylic acids is 5. The molecule has 3 N–H and O–H groups in total. The van der Waals surface area contributed by atoms with Gasteiger partial charge in [0, 0.05) is 94.0 Å². The van der Waals surface area contributed by atoms with Crippen LogP contribution in [0.4, 0.5) is 0 Å². The molecule has 0 radical (unpaired) electrons. The van der Waals surface area contributed by atoms with Crippen molar-refractivity contribution in [2.24, 2.45) is 5.73 Å².